The molecule has 2 aliphatic rings. The van der Waals surface area contributed by atoms with Crippen LogP contribution in [0.2, 0.25) is 4.34 Å². The van der Waals surface area contributed by atoms with Gasteiger partial charge in [0.25, 0.3) is 11.8 Å². The number of aromatic nitrogens is 2. The summed E-state index contributed by atoms with van der Waals surface area (Å²) in [5.74, 6) is -1.76. The maximum absolute atomic E-state index is 13.1. The van der Waals surface area contributed by atoms with Crippen molar-refractivity contribution >= 4 is 87.0 Å². The molecule has 42 heavy (non-hydrogen) atoms. The summed E-state index contributed by atoms with van der Waals surface area (Å²) in [6.45, 7) is 1.99. The summed E-state index contributed by atoms with van der Waals surface area (Å²) in [7, 11) is 0. The Hall–Kier alpha value is -2.74. The molecule has 1 saturated heterocycles. The van der Waals surface area contributed by atoms with E-state index in [1.165, 1.54) is 30.4 Å². The fourth-order valence-corrected chi connectivity index (χ4v) is 8.41. The van der Waals surface area contributed by atoms with Crippen molar-refractivity contribution in [2.75, 3.05) is 23.4 Å². The number of carboxylic acid groups (broad SMARTS) is 1. The van der Waals surface area contributed by atoms with Crippen molar-refractivity contribution in [3.63, 3.8) is 0 Å². The summed E-state index contributed by atoms with van der Waals surface area (Å²) in [4.78, 5) is 72.6. The molecule has 1 unspecified atom stereocenters. The Labute approximate surface area is 261 Å². The van der Waals surface area contributed by atoms with Gasteiger partial charge < -0.3 is 27.2 Å². The Morgan fingerprint density at radius 1 is 1.36 bits per heavy atom. The highest BCUT2D eigenvalue weighted by Gasteiger charge is 2.55. The Kier molecular flexibility index (Phi) is 10.8. The second-order valence-corrected chi connectivity index (χ2v) is 13.8. The summed E-state index contributed by atoms with van der Waals surface area (Å²) in [6.07, 6.45) is 3.33. The molecule has 0 saturated carbocycles. The van der Waals surface area contributed by atoms with E-state index in [4.69, 9.17) is 23.1 Å². The van der Waals surface area contributed by atoms with Gasteiger partial charge in [-0.25, -0.2) is 9.78 Å². The van der Waals surface area contributed by atoms with Crippen LogP contribution in [0.5, 0.6) is 0 Å². The quantitative estimate of drug-likeness (QED) is 0.117. The van der Waals surface area contributed by atoms with Crippen LogP contribution in [0, 0.1) is 4.91 Å². The molecule has 0 bridgehead atoms. The number of hydrogen-bond acceptors (Lipinski definition) is 14. The zero-order chi connectivity index (χ0) is 30.6. The van der Waals surface area contributed by atoms with Crippen molar-refractivity contribution in [1.82, 2.24) is 20.2 Å². The first kappa shape index (κ1) is 32.2. The Bertz CT molecular complexity index is 1440. The van der Waals surface area contributed by atoms with E-state index < -0.39 is 47.2 Å². The molecule has 0 aromatic carbocycles. The fraction of sp³-hybridized carbons (Fsp3) is 0.391. The summed E-state index contributed by atoms with van der Waals surface area (Å²) >= 11 is 11.1. The summed E-state index contributed by atoms with van der Waals surface area (Å²) in [6, 6.07) is -1.87. The first-order valence-corrected chi connectivity index (χ1v) is 16.4. The maximum atomic E-state index is 13.1. The zero-order valence-electron chi connectivity index (χ0n) is 21.8. The molecule has 1 fully saturated rings. The second kappa shape index (κ2) is 14.2. The van der Waals surface area contributed by atoms with E-state index in [9.17, 15) is 29.2 Å². The third-order valence-corrected chi connectivity index (χ3v) is 10.8. The molecule has 0 radical (unpaired) electrons. The van der Waals surface area contributed by atoms with Crippen molar-refractivity contribution in [2.24, 2.45) is 16.6 Å². The molecule has 0 spiro atoms. The van der Waals surface area contributed by atoms with Crippen LogP contribution in [0.4, 0.5) is 5.13 Å². The van der Waals surface area contributed by atoms with E-state index in [0.29, 0.717) is 17.2 Å². The molecule has 4 rings (SSSR count). The number of halogens is 1. The minimum absolute atomic E-state index is 0.0177. The number of aliphatic carboxylic acids is 1. The molecule has 19 heteroatoms. The van der Waals surface area contributed by atoms with Gasteiger partial charge in [0.05, 0.1) is 6.04 Å². The first-order chi connectivity index (χ1) is 20.1. The van der Waals surface area contributed by atoms with E-state index in [0.717, 1.165) is 32.4 Å². The maximum Gasteiger partial charge on any atom is 0.353 e. The average Bonchev–Trinajstić information content (AvgIpc) is 3.31. The molecule has 4 heterocycles. The normalized spacial score (nSPS) is 19.4. The summed E-state index contributed by atoms with van der Waals surface area (Å²) in [5.41, 5.74) is 11.7. The molecule has 0 aliphatic carbocycles. The van der Waals surface area contributed by atoms with E-state index >= 15 is 0 Å². The number of β-lactam (4-membered cyclic amide) rings is 1. The zero-order valence-corrected chi connectivity index (χ0v) is 25.8. The summed E-state index contributed by atoms with van der Waals surface area (Å²) in [5, 5.41) is 17.1. The third-order valence-electron chi connectivity index (χ3n) is 5.91. The number of carbonyl (C=O) groups is 4. The van der Waals surface area contributed by atoms with Crippen LogP contribution in [0.3, 0.4) is 0 Å². The SMILES string of the molecule is C[C@H](N)C(=O)Nc1nc(C(N=O)C(=O)N[C@@H]2C(=O)N3C(C(=O)O)=C(Sc4ccncc4CSCCN)CS[C@@H]23)c(Cl)s1. The number of hydrogen-bond donors (Lipinski definition) is 5. The van der Waals surface area contributed by atoms with Crippen LogP contribution in [0.15, 0.2) is 39.1 Å². The van der Waals surface area contributed by atoms with Crippen LogP contribution in [0.1, 0.15) is 24.2 Å². The number of fused-ring (bicyclic) bond motifs is 1. The standard InChI is InChI=1S/C23H25ClN8O6S4/c1-9(26)18(33)30-23-29-13(17(24)42-23)14(31-38)19(34)28-15-20(35)32-16(22(36)37)12(8-40-21(15)32)41-11-2-4-27-6-10(11)7-39-5-3-25/h2,4,6,9,14-15,21H,3,5,7-8,25-26H2,1H3,(H,28,34)(H,36,37)(H,29,30,33)/t9-,14?,15+,21-/m0/s1. The molecule has 2 aromatic rings. The highest BCUT2D eigenvalue weighted by molar-refractivity contribution is 8.06. The van der Waals surface area contributed by atoms with Crippen LogP contribution in [-0.2, 0) is 24.9 Å². The second-order valence-electron chi connectivity index (χ2n) is 8.86. The number of pyridine rings is 1. The largest absolute Gasteiger partial charge is 0.477 e. The van der Waals surface area contributed by atoms with Crippen LogP contribution in [0.25, 0.3) is 0 Å². The van der Waals surface area contributed by atoms with Gasteiger partial charge in [0, 0.05) is 46.0 Å². The van der Waals surface area contributed by atoms with Crippen molar-refractivity contribution in [3.8, 4) is 0 Å². The number of nitrogens with zero attached hydrogens (tertiary/aromatic N) is 4. The number of nitrogens with two attached hydrogens (primary N) is 2. The molecule has 224 valence electrons. The monoisotopic (exact) mass is 672 g/mol. The van der Waals surface area contributed by atoms with Crippen molar-refractivity contribution in [2.45, 2.75) is 41.1 Å². The Balaban J connectivity index is 1.49. The molecule has 4 atom stereocenters. The lowest BCUT2D eigenvalue weighted by Crippen LogP contribution is -2.70. The predicted molar refractivity (Wildman–Crippen MR) is 163 cm³/mol. The van der Waals surface area contributed by atoms with E-state index in [2.05, 4.69) is 25.8 Å². The van der Waals surface area contributed by atoms with Crippen molar-refractivity contribution < 1.29 is 24.3 Å². The minimum atomic E-state index is -1.71. The minimum Gasteiger partial charge on any atom is -0.477 e. The Morgan fingerprint density at radius 2 is 2.12 bits per heavy atom. The lowest BCUT2D eigenvalue weighted by molar-refractivity contribution is -0.150. The number of anilines is 1. The molecule has 2 aliphatic heterocycles. The van der Waals surface area contributed by atoms with Gasteiger partial charge in [-0.3, -0.25) is 24.3 Å². The average molecular weight is 673 g/mol. The van der Waals surface area contributed by atoms with Gasteiger partial charge in [0.1, 0.15) is 27.1 Å². The number of amides is 3. The first-order valence-electron chi connectivity index (χ1n) is 12.2. The highest BCUT2D eigenvalue weighted by atomic mass is 35.5. The number of nitroso groups, excluding NO2 is 1. The number of carbonyl (C=O) groups excluding carboxylic acids is 3. The molecular formula is C23H25ClN8O6S4. The van der Waals surface area contributed by atoms with Crippen LogP contribution >= 0.6 is 58.2 Å². The molecule has 7 N–H and O–H groups in total. The fourth-order valence-electron chi connectivity index (χ4n) is 3.90. The summed E-state index contributed by atoms with van der Waals surface area (Å²) < 4.78 is -0.0574. The van der Waals surface area contributed by atoms with Gasteiger partial charge in [0.2, 0.25) is 11.9 Å². The van der Waals surface area contributed by atoms with Crippen molar-refractivity contribution in [3.05, 3.63) is 49.6 Å². The number of thiazole rings is 1. The predicted octanol–water partition coefficient (Wildman–Crippen LogP) is 1.96. The third kappa shape index (κ3) is 6.90. The lowest BCUT2D eigenvalue weighted by atomic mass is 10.0. The molecular weight excluding hydrogens is 648 g/mol. The smallest absolute Gasteiger partial charge is 0.353 e. The van der Waals surface area contributed by atoms with Gasteiger partial charge in [0.15, 0.2) is 5.13 Å². The van der Waals surface area contributed by atoms with E-state index in [1.807, 2.05) is 0 Å². The lowest BCUT2D eigenvalue weighted by Gasteiger charge is -2.49. The number of thioether (sulfide) groups is 3. The van der Waals surface area contributed by atoms with Gasteiger partial charge in [-0.1, -0.05) is 34.7 Å². The van der Waals surface area contributed by atoms with E-state index in [1.54, 1.807) is 30.2 Å². The highest BCUT2D eigenvalue weighted by Crippen LogP contribution is 2.46. The number of nitrogens with one attached hydrogen (secondary N) is 2. The van der Waals surface area contributed by atoms with Crippen LogP contribution < -0.4 is 22.1 Å². The number of rotatable bonds is 13. The van der Waals surface area contributed by atoms with Crippen molar-refractivity contribution in [1.29, 1.82) is 0 Å². The topological polar surface area (TPSA) is 223 Å². The molecule has 3 amide bonds. The van der Waals surface area contributed by atoms with Gasteiger partial charge >= 0.3 is 5.97 Å². The molecule has 14 nitrogen and oxygen atoms in total. The van der Waals surface area contributed by atoms with Gasteiger partial charge in [-0.05, 0) is 23.7 Å². The van der Waals surface area contributed by atoms with E-state index in [-0.39, 0.29) is 26.6 Å². The van der Waals surface area contributed by atoms with Crippen LogP contribution in [-0.4, -0.2) is 79.2 Å². The van der Waals surface area contributed by atoms with Gasteiger partial charge in [-0.2, -0.15) is 11.8 Å². The number of carboxylic acids is 1. The van der Waals surface area contributed by atoms with Gasteiger partial charge in [-0.15, -0.1) is 16.7 Å². The Morgan fingerprint density at radius 3 is 2.79 bits per heavy atom. The molecule has 2 aromatic heterocycles.